The number of anilines is 2. The fourth-order valence-corrected chi connectivity index (χ4v) is 2.34. The van der Waals surface area contributed by atoms with Crippen molar-refractivity contribution in [2.45, 2.75) is 25.3 Å². The Balaban J connectivity index is 1.71. The summed E-state index contributed by atoms with van der Waals surface area (Å²) in [5, 5.41) is 3.46. The number of nitrogens with two attached hydrogens (primary N) is 1. The summed E-state index contributed by atoms with van der Waals surface area (Å²) in [5.41, 5.74) is 4.91. The van der Waals surface area contributed by atoms with E-state index in [1.807, 2.05) is 13.0 Å². The molecule has 1 aromatic carbocycles. The average molecular weight is 255 g/mol. The summed E-state index contributed by atoms with van der Waals surface area (Å²) in [6, 6.07) is 11.0. The van der Waals surface area contributed by atoms with Gasteiger partial charge in [-0.3, -0.25) is 0 Å². The van der Waals surface area contributed by atoms with Gasteiger partial charge in [-0.1, -0.05) is 30.3 Å². The smallest absolute Gasteiger partial charge is 0.148 e. The van der Waals surface area contributed by atoms with Crippen LogP contribution >= 0.6 is 0 Å². The van der Waals surface area contributed by atoms with Gasteiger partial charge in [-0.2, -0.15) is 0 Å². The minimum absolute atomic E-state index is 0.446. The summed E-state index contributed by atoms with van der Waals surface area (Å²) in [4.78, 5) is 8.35. The van der Waals surface area contributed by atoms with Crippen LogP contribution in [0.1, 0.15) is 23.5 Å². The monoisotopic (exact) mass is 255 g/mol. The molecule has 5 nitrogen and oxygen atoms in total. The predicted molar refractivity (Wildman–Crippen MR) is 75.8 cm³/mol. The van der Waals surface area contributed by atoms with E-state index in [4.69, 9.17) is 5.84 Å². The first-order valence-electron chi connectivity index (χ1n) is 6.39. The first-order chi connectivity index (χ1) is 9.29. The lowest BCUT2D eigenvalue weighted by Crippen LogP contribution is -2.13. The summed E-state index contributed by atoms with van der Waals surface area (Å²) >= 11 is 0. The molecule has 1 aromatic heterocycles. The molecule has 2 atom stereocenters. The van der Waals surface area contributed by atoms with E-state index in [1.165, 1.54) is 11.9 Å². The Kier molecular flexibility index (Phi) is 3.05. The molecule has 1 aliphatic rings. The molecule has 19 heavy (non-hydrogen) atoms. The molecule has 98 valence electrons. The quantitative estimate of drug-likeness (QED) is 0.576. The van der Waals surface area contributed by atoms with E-state index in [9.17, 15) is 0 Å². The van der Waals surface area contributed by atoms with Gasteiger partial charge >= 0.3 is 0 Å². The van der Waals surface area contributed by atoms with Crippen molar-refractivity contribution in [3.05, 3.63) is 47.8 Å². The normalized spacial score (nSPS) is 20.9. The van der Waals surface area contributed by atoms with E-state index in [-0.39, 0.29) is 0 Å². The first kappa shape index (κ1) is 11.9. The Morgan fingerprint density at radius 3 is 2.63 bits per heavy atom. The number of nitrogen functional groups attached to an aromatic ring is 1. The molecule has 0 bridgehead atoms. The Morgan fingerprint density at radius 1 is 1.16 bits per heavy atom. The first-order valence-corrected chi connectivity index (χ1v) is 6.39. The summed E-state index contributed by atoms with van der Waals surface area (Å²) < 4.78 is 0. The number of benzene rings is 1. The third-order valence-electron chi connectivity index (χ3n) is 3.56. The van der Waals surface area contributed by atoms with E-state index < -0.39 is 0 Å². The molecule has 2 aromatic rings. The van der Waals surface area contributed by atoms with Gasteiger partial charge in [0.1, 0.15) is 18.0 Å². The van der Waals surface area contributed by atoms with Crippen LogP contribution in [0.4, 0.5) is 11.6 Å². The van der Waals surface area contributed by atoms with E-state index in [2.05, 4.69) is 45.0 Å². The molecule has 1 aliphatic carbocycles. The molecule has 5 heteroatoms. The summed E-state index contributed by atoms with van der Waals surface area (Å²) in [6.45, 7) is 1.96. The van der Waals surface area contributed by atoms with Crippen molar-refractivity contribution in [2.75, 3.05) is 10.7 Å². The molecule has 2 unspecified atom stereocenters. The fourth-order valence-electron chi connectivity index (χ4n) is 2.34. The van der Waals surface area contributed by atoms with Gasteiger partial charge < -0.3 is 10.7 Å². The lowest BCUT2D eigenvalue weighted by atomic mass is 10.1. The van der Waals surface area contributed by atoms with Gasteiger partial charge in [0, 0.05) is 17.5 Å². The molecule has 4 N–H and O–H groups in total. The molecule has 0 saturated heterocycles. The minimum Gasteiger partial charge on any atom is -0.366 e. The van der Waals surface area contributed by atoms with E-state index >= 15 is 0 Å². The molecule has 3 rings (SSSR count). The molecule has 1 fully saturated rings. The van der Waals surface area contributed by atoms with Gasteiger partial charge in [-0.15, -0.1) is 0 Å². The maximum absolute atomic E-state index is 5.42. The SMILES string of the molecule is Cc1c(NN)ncnc1NC1CC1c1ccccc1. The number of nitrogens with zero attached hydrogens (tertiary/aromatic N) is 2. The van der Waals surface area contributed by atoms with Crippen LogP contribution in [0.2, 0.25) is 0 Å². The van der Waals surface area contributed by atoms with Crippen molar-refractivity contribution in [1.82, 2.24) is 9.97 Å². The zero-order valence-corrected chi connectivity index (χ0v) is 10.8. The van der Waals surface area contributed by atoms with Crippen LogP contribution in [-0.2, 0) is 0 Å². The predicted octanol–water partition coefficient (Wildman–Crippen LogP) is 2.04. The third-order valence-corrected chi connectivity index (χ3v) is 3.56. The van der Waals surface area contributed by atoms with Crippen LogP contribution in [0.15, 0.2) is 36.7 Å². The molecular formula is C14H17N5. The van der Waals surface area contributed by atoms with Crippen molar-refractivity contribution in [2.24, 2.45) is 5.84 Å². The number of rotatable bonds is 4. The highest BCUT2D eigenvalue weighted by atomic mass is 15.3. The lowest BCUT2D eigenvalue weighted by molar-refractivity contribution is 1.01. The van der Waals surface area contributed by atoms with Gasteiger partial charge in [0.05, 0.1) is 0 Å². The highest BCUT2D eigenvalue weighted by Gasteiger charge is 2.38. The Morgan fingerprint density at radius 2 is 1.89 bits per heavy atom. The minimum atomic E-state index is 0.446. The molecule has 0 amide bonds. The molecule has 0 spiro atoms. The van der Waals surface area contributed by atoms with E-state index in [1.54, 1.807) is 0 Å². The second-order valence-electron chi connectivity index (χ2n) is 4.84. The van der Waals surface area contributed by atoms with Crippen LogP contribution in [0.3, 0.4) is 0 Å². The van der Waals surface area contributed by atoms with E-state index in [0.717, 1.165) is 17.8 Å². The summed E-state index contributed by atoms with van der Waals surface area (Å²) in [7, 11) is 0. The van der Waals surface area contributed by atoms with E-state index in [0.29, 0.717) is 17.8 Å². The summed E-state index contributed by atoms with van der Waals surface area (Å²) in [5.74, 6) is 7.50. The van der Waals surface area contributed by atoms with Crippen LogP contribution < -0.4 is 16.6 Å². The number of hydrogen-bond acceptors (Lipinski definition) is 5. The second kappa shape index (κ2) is 4.85. The zero-order valence-electron chi connectivity index (χ0n) is 10.8. The maximum Gasteiger partial charge on any atom is 0.148 e. The van der Waals surface area contributed by atoms with Crippen molar-refractivity contribution >= 4 is 11.6 Å². The standard InChI is InChI=1S/C14H17N5/c1-9-13(16-8-17-14(9)19-15)18-12-7-11(12)10-5-3-2-4-6-10/h2-6,8,11-12H,7,15H2,1H3,(H2,16,17,18,19). The Hall–Kier alpha value is -2.14. The van der Waals surface area contributed by atoms with Crippen LogP contribution in [0.5, 0.6) is 0 Å². The molecule has 1 heterocycles. The average Bonchev–Trinajstić information content (AvgIpc) is 3.21. The lowest BCUT2D eigenvalue weighted by Gasteiger charge is -2.10. The maximum atomic E-state index is 5.42. The molecular weight excluding hydrogens is 238 g/mol. The number of hydrazine groups is 1. The Labute approximate surface area is 112 Å². The van der Waals surface area contributed by atoms with Crippen LogP contribution in [-0.4, -0.2) is 16.0 Å². The van der Waals surface area contributed by atoms with Gasteiger partial charge in [0.25, 0.3) is 0 Å². The Bertz CT molecular complexity index is 569. The number of hydrogen-bond donors (Lipinski definition) is 3. The van der Waals surface area contributed by atoms with Gasteiger partial charge in [0.2, 0.25) is 0 Å². The van der Waals surface area contributed by atoms with Gasteiger partial charge in [0.15, 0.2) is 0 Å². The molecule has 0 aliphatic heterocycles. The highest BCUT2D eigenvalue weighted by Crippen LogP contribution is 2.42. The number of aromatic nitrogens is 2. The van der Waals surface area contributed by atoms with Crippen molar-refractivity contribution in [1.29, 1.82) is 0 Å². The van der Waals surface area contributed by atoms with Crippen LogP contribution in [0, 0.1) is 6.92 Å². The highest BCUT2D eigenvalue weighted by molar-refractivity contribution is 5.57. The number of nitrogens with one attached hydrogen (secondary N) is 2. The zero-order chi connectivity index (χ0) is 13.2. The van der Waals surface area contributed by atoms with Crippen molar-refractivity contribution in [3.8, 4) is 0 Å². The molecule has 0 radical (unpaired) electrons. The fraction of sp³-hybridized carbons (Fsp3) is 0.286. The van der Waals surface area contributed by atoms with Crippen LogP contribution in [0.25, 0.3) is 0 Å². The van der Waals surface area contributed by atoms with Crippen molar-refractivity contribution in [3.63, 3.8) is 0 Å². The summed E-state index contributed by atoms with van der Waals surface area (Å²) in [6.07, 6.45) is 2.66. The largest absolute Gasteiger partial charge is 0.366 e. The third kappa shape index (κ3) is 2.37. The second-order valence-corrected chi connectivity index (χ2v) is 4.84. The topological polar surface area (TPSA) is 75.9 Å². The van der Waals surface area contributed by atoms with Gasteiger partial charge in [-0.25, -0.2) is 15.8 Å². The van der Waals surface area contributed by atoms with Crippen molar-refractivity contribution < 1.29 is 0 Å². The molecule has 1 saturated carbocycles. The van der Waals surface area contributed by atoms with Gasteiger partial charge in [-0.05, 0) is 18.9 Å².